The number of amides is 1. The van der Waals surface area contributed by atoms with E-state index < -0.39 is 12.0 Å². The fourth-order valence-electron chi connectivity index (χ4n) is 2.70. The number of rotatable bonds is 3. The monoisotopic (exact) mass is 251 g/mol. The summed E-state index contributed by atoms with van der Waals surface area (Å²) in [6, 6.07) is 3.24. The van der Waals surface area contributed by atoms with Crippen LogP contribution in [0, 0.1) is 11.8 Å². The molecule has 1 amide bonds. The lowest BCUT2D eigenvalue weighted by atomic mass is 10.2. The van der Waals surface area contributed by atoms with Crippen LogP contribution in [0.25, 0.3) is 0 Å². The van der Waals surface area contributed by atoms with Crippen LogP contribution in [0.15, 0.2) is 17.5 Å². The van der Waals surface area contributed by atoms with Gasteiger partial charge in [0, 0.05) is 11.4 Å². The molecule has 1 aliphatic heterocycles. The number of piperidine rings is 1. The van der Waals surface area contributed by atoms with Crippen LogP contribution in [0.3, 0.4) is 0 Å². The Hall–Kier alpha value is -1.36. The summed E-state index contributed by atoms with van der Waals surface area (Å²) in [7, 11) is 0. The Kier molecular flexibility index (Phi) is 2.43. The number of carbonyl (C=O) groups excluding carboxylic acids is 1. The second kappa shape index (κ2) is 3.84. The number of carboxylic acids is 1. The average molecular weight is 251 g/mol. The third-order valence-electron chi connectivity index (χ3n) is 3.63. The molecule has 3 rings (SSSR count). The second-order valence-electron chi connectivity index (χ2n) is 4.74. The Balaban J connectivity index is 1.71. The van der Waals surface area contributed by atoms with Crippen molar-refractivity contribution in [2.75, 3.05) is 6.54 Å². The molecule has 2 aliphatic rings. The minimum absolute atomic E-state index is 0.0490. The van der Waals surface area contributed by atoms with Gasteiger partial charge in [0.25, 0.3) is 0 Å². The van der Waals surface area contributed by atoms with Gasteiger partial charge in [0.05, 0.1) is 6.42 Å². The minimum atomic E-state index is -0.852. The van der Waals surface area contributed by atoms with Crippen molar-refractivity contribution in [2.45, 2.75) is 18.9 Å². The van der Waals surface area contributed by atoms with Crippen LogP contribution in [0.5, 0.6) is 0 Å². The van der Waals surface area contributed by atoms with Crippen molar-refractivity contribution in [2.24, 2.45) is 11.8 Å². The maximum atomic E-state index is 12.1. The van der Waals surface area contributed by atoms with Crippen molar-refractivity contribution in [3.8, 4) is 0 Å². The van der Waals surface area contributed by atoms with E-state index in [0.29, 0.717) is 18.9 Å². The summed E-state index contributed by atoms with van der Waals surface area (Å²) in [5, 5.41) is 11.1. The maximum absolute atomic E-state index is 12.1. The van der Waals surface area contributed by atoms with E-state index in [1.54, 1.807) is 4.90 Å². The van der Waals surface area contributed by atoms with Gasteiger partial charge in [-0.25, -0.2) is 4.79 Å². The molecule has 3 atom stereocenters. The van der Waals surface area contributed by atoms with E-state index in [4.69, 9.17) is 5.11 Å². The quantitative estimate of drug-likeness (QED) is 0.878. The lowest BCUT2D eigenvalue weighted by molar-refractivity contribution is -0.149. The van der Waals surface area contributed by atoms with Gasteiger partial charge in [-0.15, -0.1) is 11.3 Å². The zero-order valence-electron chi connectivity index (χ0n) is 9.20. The van der Waals surface area contributed by atoms with Crippen LogP contribution in [0.2, 0.25) is 0 Å². The van der Waals surface area contributed by atoms with Gasteiger partial charge in [-0.05, 0) is 29.7 Å². The summed E-state index contributed by atoms with van der Waals surface area (Å²) in [5.74, 6) is -0.259. The number of carboxylic acid groups (broad SMARTS) is 1. The van der Waals surface area contributed by atoms with Crippen LogP contribution in [-0.2, 0) is 16.0 Å². The number of carbonyl (C=O) groups is 2. The Morgan fingerprint density at radius 2 is 2.35 bits per heavy atom. The van der Waals surface area contributed by atoms with Crippen molar-refractivity contribution in [1.29, 1.82) is 0 Å². The highest BCUT2D eigenvalue weighted by molar-refractivity contribution is 7.10. The van der Waals surface area contributed by atoms with E-state index in [-0.39, 0.29) is 11.8 Å². The van der Waals surface area contributed by atoms with Gasteiger partial charge in [-0.3, -0.25) is 4.79 Å². The zero-order valence-corrected chi connectivity index (χ0v) is 10.0. The van der Waals surface area contributed by atoms with Gasteiger partial charge in [0.1, 0.15) is 6.04 Å². The highest BCUT2D eigenvalue weighted by Gasteiger charge is 2.56. The summed E-state index contributed by atoms with van der Waals surface area (Å²) in [4.78, 5) is 25.8. The number of nitrogens with zero attached hydrogens (tertiary/aromatic N) is 1. The molecule has 2 heterocycles. The van der Waals surface area contributed by atoms with Crippen molar-refractivity contribution in [3.05, 3.63) is 22.4 Å². The number of fused-ring (bicyclic) bond motifs is 1. The number of thiophene rings is 1. The lowest BCUT2D eigenvalue weighted by Crippen LogP contribution is -2.43. The lowest BCUT2D eigenvalue weighted by Gasteiger charge is -2.24. The first-order chi connectivity index (χ1) is 8.16. The van der Waals surface area contributed by atoms with Crippen LogP contribution in [0.1, 0.15) is 11.3 Å². The van der Waals surface area contributed by atoms with Crippen molar-refractivity contribution in [3.63, 3.8) is 0 Å². The first-order valence-electron chi connectivity index (χ1n) is 5.71. The van der Waals surface area contributed by atoms with Gasteiger partial charge < -0.3 is 10.0 Å². The average Bonchev–Trinajstić information content (AvgIpc) is 2.76. The van der Waals surface area contributed by atoms with Gasteiger partial charge in [-0.2, -0.15) is 0 Å². The van der Waals surface area contributed by atoms with Gasteiger partial charge in [0.15, 0.2) is 0 Å². The Morgan fingerprint density at radius 3 is 3.00 bits per heavy atom. The molecule has 0 bridgehead atoms. The molecule has 0 radical (unpaired) electrons. The molecule has 1 aliphatic carbocycles. The van der Waals surface area contributed by atoms with Gasteiger partial charge >= 0.3 is 5.97 Å². The maximum Gasteiger partial charge on any atom is 0.326 e. The molecule has 5 heteroatoms. The molecule has 0 spiro atoms. The molecule has 1 N–H and O–H groups in total. The fourth-order valence-corrected chi connectivity index (χ4v) is 3.40. The third-order valence-corrected chi connectivity index (χ3v) is 4.51. The largest absolute Gasteiger partial charge is 0.480 e. The Labute approximate surface area is 103 Å². The van der Waals surface area contributed by atoms with Crippen molar-refractivity contribution < 1.29 is 14.7 Å². The molecular formula is C12H13NO3S. The number of hydrogen-bond acceptors (Lipinski definition) is 3. The minimum Gasteiger partial charge on any atom is -0.480 e. The predicted octanol–water partition coefficient (Wildman–Crippen LogP) is 1.22. The van der Waals surface area contributed by atoms with Crippen LogP contribution < -0.4 is 0 Å². The van der Waals surface area contributed by atoms with Gasteiger partial charge in [0.2, 0.25) is 5.91 Å². The van der Waals surface area contributed by atoms with Crippen LogP contribution in [-0.4, -0.2) is 34.5 Å². The zero-order chi connectivity index (χ0) is 12.0. The topological polar surface area (TPSA) is 57.6 Å². The van der Waals surface area contributed by atoms with Gasteiger partial charge in [-0.1, -0.05) is 6.07 Å². The standard InChI is InChI=1S/C12H13NO3S/c14-10(5-8-2-1-3-17-8)13-6-7-4-9(7)11(13)12(15)16/h1-3,7,9,11H,4-6H2,(H,15,16). The molecule has 90 valence electrons. The molecule has 1 aromatic rings. The summed E-state index contributed by atoms with van der Waals surface area (Å²) < 4.78 is 0. The number of hydrogen-bond donors (Lipinski definition) is 1. The second-order valence-corrected chi connectivity index (χ2v) is 5.78. The number of aliphatic carboxylic acids is 1. The first kappa shape index (κ1) is 10.8. The van der Waals surface area contributed by atoms with Crippen molar-refractivity contribution >= 4 is 23.2 Å². The molecule has 1 saturated heterocycles. The fraction of sp³-hybridized carbons (Fsp3) is 0.500. The predicted molar refractivity (Wildman–Crippen MR) is 62.8 cm³/mol. The highest BCUT2D eigenvalue weighted by Crippen LogP contribution is 2.49. The molecule has 3 unspecified atom stereocenters. The number of likely N-dealkylation sites (tertiary alicyclic amines) is 1. The van der Waals surface area contributed by atoms with E-state index in [9.17, 15) is 9.59 Å². The molecular weight excluding hydrogens is 238 g/mol. The normalized spacial score (nSPS) is 30.1. The Morgan fingerprint density at radius 1 is 1.53 bits per heavy atom. The van der Waals surface area contributed by atoms with Crippen LogP contribution in [0.4, 0.5) is 0 Å². The summed E-state index contributed by atoms with van der Waals surface area (Å²) in [5.41, 5.74) is 0. The highest BCUT2D eigenvalue weighted by atomic mass is 32.1. The van der Waals surface area contributed by atoms with E-state index >= 15 is 0 Å². The van der Waals surface area contributed by atoms with Crippen LogP contribution >= 0.6 is 11.3 Å². The Bertz CT molecular complexity index is 456. The smallest absolute Gasteiger partial charge is 0.326 e. The third kappa shape index (κ3) is 1.84. The summed E-state index contributed by atoms with van der Waals surface area (Å²) in [6.07, 6.45) is 1.31. The summed E-state index contributed by atoms with van der Waals surface area (Å²) in [6.45, 7) is 0.631. The molecule has 4 nitrogen and oxygen atoms in total. The first-order valence-corrected chi connectivity index (χ1v) is 6.59. The van der Waals surface area contributed by atoms with E-state index in [0.717, 1.165) is 11.3 Å². The summed E-state index contributed by atoms with van der Waals surface area (Å²) >= 11 is 1.54. The SMILES string of the molecule is O=C(O)C1C2CC2CN1C(=O)Cc1cccs1. The van der Waals surface area contributed by atoms with E-state index in [2.05, 4.69) is 0 Å². The molecule has 17 heavy (non-hydrogen) atoms. The molecule has 2 fully saturated rings. The molecule has 0 aromatic carbocycles. The van der Waals surface area contributed by atoms with E-state index in [1.165, 1.54) is 11.3 Å². The van der Waals surface area contributed by atoms with Crippen molar-refractivity contribution in [1.82, 2.24) is 4.90 Å². The molecule has 1 saturated carbocycles. The molecule has 1 aromatic heterocycles. The van der Waals surface area contributed by atoms with E-state index in [1.807, 2.05) is 17.5 Å².